The number of hydrogen-bond acceptors (Lipinski definition) is 3. The highest BCUT2D eigenvalue weighted by atomic mass is 32.2. The molecule has 5 heteroatoms. The minimum absolute atomic E-state index is 0.168. The fourth-order valence-corrected chi connectivity index (χ4v) is 5.25. The Kier molecular flexibility index (Phi) is 4.21. The van der Waals surface area contributed by atoms with E-state index in [-0.39, 0.29) is 6.54 Å². The summed E-state index contributed by atoms with van der Waals surface area (Å²) in [6.45, 7) is 9.94. The van der Waals surface area contributed by atoms with Crippen molar-refractivity contribution < 1.29 is 13.5 Å². The fraction of sp³-hybridized carbons (Fsp3) is 0.625. The van der Waals surface area contributed by atoms with E-state index in [9.17, 15) is 13.5 Å². The molecule has 4 nitrogen and oxygen atoms in total. The van der Waals surface area contributed by atoms with Crippen LogP contribution in [-0.4, -0.2) is 36.5 Å². The van der Waals surface area contributed by atoms with Crippen molar-refractivity contribution in [1.82, 2.24) is 4.31 Å². The third-order valence-electron chi connectivity index (χ3n) is 4.53. The third kappa shape index (κ3) is 3.00. The molecule has 1 aromatic carbocycles. The lowest BCUT2D eigenvalue weighted by Crippen LogP contribution is -2.48. The maximum absolute atomic E-state index is 13.0. The minimum Gasteiger partial charge on any atom is -0.389 e. The van der Waals surface area contributed by atoms with Crippen LogP contribution in [-0.2, 0) is 10.0 Å². The predicted octanol–water partition coefficient (Wildman–Crippen LogP) is 2.46. The standard InChI is InChI=1S/C16H25NO3S/c1-11-9-12(2)14(4)15(13(11)3)21(19,20)17-8-6-7-16(5,18)10-17/h9,18H,6-8,10H2,1-5H3. The number of aryl methyl sites for hydroxylation is 2. The van der Waals surface area contributed by atoms with E-state index in [2.05, 4.69) is 0 Å². The van der Waals surface area contributed by atoms with Crippen LogP contribution < -0.4 is 0 Å². The second kappa shape index (κ2) is 5.38. The Morgan fingerprint density at radius 2 is 1.67 bits per heavy atom. The van der Waals surface area contributed by atoms with Crippen LogP contribution in [0.15, 0.2) is 11.0 Å². The monoisotopic (exact) mass is 311 g/mol. The first-order chi connectivity index (χ1) is 9.56. The van der Waals surface area contributed by atoms with Crippen molar-refractivity contribution >= 4 is 10.0 Å². The minimum atomic E-state index is -3.57. The normalized spacial score (nSPS) is 24.3. The van der Waals surface area contributed by atoms with Crippen LogP contribution >= 0.6 is 0 Å². The van der Waals surface area contributed by atoms with Gasteiger partial charge in [-0.3, -0.25) is 0 Å². The number of nitrogens with zero attached hydrogens (tertiary/aromatic N) is 1. The highest BCUT2D eigenvalue weighted by Crippen LogP contribution is 2.31. The molecule has 118 valence electrons. The van der Waals surface area contributed by atoms with E-state index in [1.165, 1.54) is 4.31 Å². The maximum Gasteiger partial charge on any atom is 0.243 e. The van der Waals surface area contributed by atoms with Crippen molar-refractivity contribution in [3.8, 4) is 0 Å². The van der Waals surface area contributed by atoms with Gasteiger partial charge < -0.3 is 5.11 Å². The number of aliphatic hydroxyl groups is 1. The molecule has 1 unspecified atom stereocenters. The lowest BCUT2D eigenvalue weighted by Gasteiger charge is -2.36. The molecule has 1 heterocycles. The Morgan fingerprint density at radius 3 is 2.14 bits per heavy atom. The zero-order chi connectivity index (χ0) is 16.0. The molecule has 1 aliphatic heterocycles. The Labute approximate surface area is 127 Å². The summed E-state index contributed by atoms with van der Waals surface area (Å²) in [7, 11) is -3.57. The molecular formula is C16H25NO3S. The molecule has 1 atom stereocenters. The number of rotatable bonds is 2. The van der Waals surface area contributed by atoms with Crippen molar-refractivity contribution in [1.29, 1.82) is 0 Å². The Balaban J connectivity index is 2.55. The third-order valence-corrected chi connectivity index (χ3v) is 6.65. The lowest BCUT2D eigenvalue weighted by atomic mass is 9.97. The van der Waals surface area contributed by atoms with Crippen LogP contribution in [0.3, 0.4) is 0 Å². The van der Waals surface area contributed by atoms with E-state index in [1.54, 1.807) is 6.92 Å². The molecule has 21 heavy (non-hydrogen) atoms. The van der Waals surface area contributed by atoms with Gasteiger partial charge in [-0.1, -0.05) is 6.07 Å². The average molecular weight is 311 g/mol. The SMILES string of the molecule is Cc1cc(C)c(C)c(S(=O)(=O)N2CCCC(C)(O)C2)c1C. The molecule has 0 amide bonds. The van der Waals surface area contributed by atoms with Crippen LogP contribution in [0.2, 0.25) is 0 Å². The van der Waals surface area contributed by atoms with E-state index in [0.29, 0.717) is 24.3 Å². The molecule has 0 aromatic heterocycles. The largest absolute Gasteiger partial charge is 0.389 e. The highest BCUT2D eigenvalue weighted by Gasteiger charge is 2.37. The smallest absolute Gasteiger partial charge is 0.243 e. The van der Waals surface area contributed by atoms with Gasteiger partial charge in [-0.15, -0.1) is 0 Å². The van der Waals surface area contributed by atoms with Crippen molar-refractivity contribution in [2.24, 2.45) is 0 Å². The molecule has 0 saturated carbocycles. The highest BCUT2D eigenvalue weighted by molar-refractivity contribution is 7.89. The van der Waals surface area contributed by atoms with Crippen molar-refractivity contribution in [2.75, 3.05) is 13.1 Å². The molecule has 1 N–H and O–H groups in total. The molecule has 1 aromatic rings. The van der Waals surface area contributed by atoms with Gasteiger partial charge in [0.15, 0.2) is 0 Å². The zero-order valence-corrected chi connectivity index (χ0v) is 14.3. The van der Waals surface area contributed by atoms with Gasteiger partial charge in [-0.25, -0.2) is 8.42 Å². The van der Waals surface area contributed by atoms with Gasteiger partial charge in [0.05, 0.1) is 10.5 Å². The van der Waals surface area contributed by atoms with Crippen molar-refractivity contribution in [2.45, 2.75) is 58.0 Å². The first-order valence-corrected chi connectivity index (χ1v) is 8.80. The summed E-state index contributed by atoms with van der Waals surface area (Å²) >= 11 is 0. The molecule has 0 bridgehead atoms. The van der Waals surface area contributed by atoms with Crippen LogP contribution in [0, 0.1) is 27.7 Å². The zero-order valence-electron chi connectivity index (χ0n) is 13.5. The molecule has 2 rings (SSSR count). The summed E-state index contributed by atoms with van der Waals surface area (Å²) < 4.78 is 27.5. The number of β-amino-alcohol motifs (C(OH)–C–C–N with tert-alkyl or cyclic N) is 1. The van der Waals surface area contributed by atoms with E-state index in [1.807, 2.05) is 33.8 Å². The van der Waals surface area contributed by atoms with Gasteiger partial charge in [-0.2, -0.15) is 4.31 Å². The Bertz CT molecular complexity index is 636. The van der Waals surface area contributed by atoms with E-state index in [4.69, 9.17) is 0 Å². The fourth-order valence-electron chi connectivity index (χ4n) is 3.08. The second-order valence-corrected chi connectivity index (χ2v) is 8.40. The summed E-state index contributed by atoms with van der Waals surface area (Å²) in [6.07, 6.45) is 1.33. The molecule has 1 aliphatic rings. The van der Waals surface area contributed by atoms with Gasteiger partial charge >= 0.3 is 0 Å². The first-order valence-electron chi connectivity index (χ1n) is 7.36. The number of hydrogen-bond donors (Lipinski definition) is 1. The van der Waals surface area contributed by atoms with Gasteiger partial charge in [0, 0.05) is 13.1 Å². The van der Waals surface area contributed by atoms with E-state index >= 15 is 0 Å². The lowest BCUT2D eigenvalue weighted by molar-refractivity contribution is 0.00938. The second-order valence-electron chi connectivity index (χ2n) is 6.53. The first kappa shape index (κ1) is 16.5. The van der Waals surface area contributed by atoms with Crippen LogP contribution in [0.25, 0.3) is 0 Å². The summed E-state index contributed by atoms with van der Waals surface area (Å²) in [5, 5.41) is 10.2. The Hall–Kier alpha value is -0.910. The molecule has 0 spiro atoms. The number of piperidine rings is 1. The summed E-state index contributed by atoms with van der Waals surface area (Å²) in [5.74, 6) is 0. The predicted molar refractivity (Wildman–Crippen MR) is 84.0 cm³/mol. The Morgan fingerprint density at radius 1 is 1.14 bits per heavy atom. The van der Waals surface area contributed by atoms with Crippen LogP contribution in [0.1, 0.15) is 42.0 Å². The van der Waals surface area contributed by atoms with Crippen LogP contribution in [0.5, 0.6) is 0 Å². The molecule has 1 fully saturated rings. The topological polar surface area (TPSA) is 57.6 Å². The van der Waals surface area contributed by atoms with Crippen molar-refractivity contribution in [3.05, 3.63) is 28.3 Å². The van der Waals surface area contributed by atoms with Gasteiger partial charge in [-0.05, 0) is 69.7 Å². The summed E-state index contributed by atoms with van der Waals surface area (Å²) in [5.41, 5.74) is 2.65. The van der Waals surface area contributed by atoms with E-state index in [0.717, 1.165) is 22.3 Å². The summed E-state index contributed by atoms with van der Waals surface area (Å²) in [6, 6.07) is 2.02. The average Bonchev–Trinajstić information content (AvgIpc) is 2.35. The maximum atomic E-state index is 13.0. The molecule has 0 aliphatic carbocycles. The van der Waals surface area contributed by atoms with Gasteiger partial charge in [0.2, 0.25) is 10.0 Å². The van der Waals surface area contributed by atoms with Crippen molar-refractivity contribution in [3.63, 3.8) is 0 Å². The number of sulfonamides is 1. The molecule has 0 radical (unpaired) electrons. The number of benzene rings is 1. The summed E-state index contributed by atoms with van der Waals surface area (Å²) in [4.78, 5) is 0.415. The molecular weight excluding hydrogens is 286 g/mol. The molecule has 1 saturated heterocycles. The van der Waals surface area contributed by atoms with Gasteiger partial charge in [0.25, 0.3) is 0 Å². The van der Waals surface area contributed by atoms with E-state index < -0.39 is 15.6 Å². The quantitative estimate of drug-likeness (QED) is 0.913. The van der Waals surface area contributed by atoms with Crippen LogP contribution in [0.4, 0.5) is 0 Å². The van der Waals surface area contributed by atoms with Gasteiger partial charge in [0.1, 0.15) is 0 Å².